The monoisotopic (exact) mass is 447 g/mol. The van der Waals surface area contributed by atoms with Crippen molar-refractivity contribution in [3.8, 4) is 0 Å². The molecule has 1 aliphatic heterocycles. The van der Waals surface area contributed by atoms with Gasteiger partial charge in [0.2, 0.25) is 5.91 Å². The maximum atomic E-state index is 13.3. The number of amides is 2. The molecule has 1 aromatic heterocycles. The van der Waals surface area contributed by atoms with Crippen LogP contribution < -0.4 is 0 Å². The quantitative estimate of drug-likeness (QED) is 0.620. The van der Waals surface area contributed by atoms with Gasteiger partial charge in [-0.05, 0) is 37.1 Å². The number of rotatable bonds is 5. The maximum Gasteiger partial charge on any atom is 0.335 e. The number of aryl methyl sites for hydroxylation is 1. The highest BCUT2D eigenvalue weighted by molar-refractivity contribution is 5.97. The molecule has 0 aliphatic carbocycles. The third kappa shape index (κ3) is 5.08. The number of hydrogen-bond donors (Lipinski definition) is 2. The molecule has 170 valence electrons. The van der Waals surface area contributed by atoms with Gasteiger partial charge >= 0.3 is 5.97 Å². The van der Waals surface area contributed by atoms with Crippen molar-refractivity contribution in [2.45, 2.75) is 25.8 Å². The summed E-state index contributed by atoms with van der Waals surface area (Å²) in [5, 5.41) is 16.4. The number of nitrogens with zero attached hydrogens (tertiary/aromatic N) is 4. The molecule has 2 aromatic carbocycles. The molecule has 2 amide bonds. The van der Waals surface area contributed by atoms with Crippen LogP contribution in [0.25, 0.3) is 0 Å². The van der Waals surface area contributed by atoms with Gasteiger partial charge in [-0.15, -0.1) is 0 Å². The molecule has 1 aliphatic rings. The van der Waals surface area contributed by atoms with E-state index in [-0.39, 0.29) is 29.8 Å². The van der Waals surface area contributed by atoms with E-state index in [0.717, 1.165) is 5.56 Å². The molecule has 1 saturated heterocycles. The molecule has 0 radical (unpaired) electrons. The average molecular weight is 447 g/mol. The molecule has 0 spiro atoms. The fourth-order valence-electron chi connectivity index (χ4n) is 4.05. The summed E-state index contributed by atoms with van der Waals surface area (Å²) in [5.74, 6) is -0.228. The van der Waals surface area contributed by atoms with E-state index in [1.54, 1.807) is 28.9 Å². The Bertz CT molecular complexity index is 1160. The Morgan fingerprint density at radius 2 is 1.79 bits per heavy atom. The van der Waals surface area contributed by atoms with Gasteiger partial charge in [0.1, 0.15) is 5.82 Å². The van der Waals surface area contributed by atoms with Crippen LogP contribution >= 0.6 is 0 Å². The van der Waals surface area contributed by atoms with Crippen molar-refractivity contribution >= 4 is 17.8 Å². The van der Waals surface area contributed by atoms with Crippen LogP contribution in [-0.2, 0) is 11.2 Å². The number of H-pyrrole nitrogens is 1. The molecule has 4 rings (SSSR count). The van der Waals surface area contributed by atoms with Gasteiger partial charge in [0.05, 0.1) is 18.0 Å². The van der Waals surface area contributed by atoms with Gasteiger partial charge < -0.3 is 14.9 Å². The largest absolute Gasteiger partial charge is 0.478 e. The predicted octanol–water partition coefficient (Wildman–Crippen LogP) is 2.47. The molecule has 3 aromatic rings. The van der Waals surface area contributed by atoms with Gasteiger partial charge in [0, 0.05) is 25.2 Å². The van der Waals surface area contributed by atoms with Crippen LogP contribution in [0, 0.1) is 6.92 Å². The summed E-state index contributed by atoms with van der Waals surface area (Å²) in [6.45, 7) is 2.85. The standard InChI is InChI=1S/C24H25N5O4/c1-16-25-22(27-26-16)20-10-11-28(23(31)18-8-5-9-19(15-18)24(32)33)12-13-29(20)21(30)14-17-6-3-2-4-7-17/h2-9,15,20H,10-14H2,1H3,(H,32,33)(H,25,26,27). The number of carbonyl (C=O) groups excluding carboxylic acids is 2. The zero-order valence-electron chi connectivity index (χ0n) is 18.3. The zero-order chi connectivity index (χ0) is 23.4. The summed E-state index contributed by atoms with van der Waals surface area (Å²) in [7, 11) is 0. The fraction of sp³-hybridized carbons (Fsp3) is 0.292. The van der Waals surface area contributed by atoms with E-state index in [9.17, 15) is 19.5 Å². The molecular weight excluding hydrogens is 422 g/mol. The number of carbonyl (C=O) groups is 3. The van der Waals surface area contributed by atoms with E-state index in [1.165, 1.54) is 12.1 Å². The van der Waals surface area contributed by atoms with E-state index >= 15 is 0 Å². The van der Waals surface area contributed by atoms with Gasteiger partial charge in [0.15, 0.2) is 5.82 Å². The topological polar surface area (TPSA) is 119 Å². The van der Waals surface area contributed by atoms with E-state index in [0.29, 0.717) is 43.3 Å². The van der Waals surface area contributed by atoms with E-state index in [1.807, 2.05) is 30.3 Å². The number of aromatic amines is 1. The minimum Gasteiger partial charge on any atom is -0.478 e. The van der Waals surface area contributed by atoms with Crippen LogP contribution in [0.3, 0.4) is 0 Å². The Hall–Kier alpha value is -4.01. The Morgan fingerprint density at radius 3 is 2.48 bits per heavy atom. The highest BCUT2D eigenvalue weighted by atomic mass is 16.4. The lowest BCUT2D eigenvalue weighted by molar-refractivity contribution is -0.133. The van der Waals surface area contributed by atoms with Crippen molar-refractivity contribution in [3.05, 3.63) is 82.9 Å². The van der Waals surface area contributed by atoms with E-state index in [2.05, 4.69) is 15.2 Å². The SMILES string of the molecule is Cc1nc(C2CCN(C(=O)c3cccc(C(=O)O)c3)CCN2C(=O)Cc2ccccc2)n[nH]1. The number of hydrogen-bond acceptors (Lipinski definition) is 5. The zero-order valence-corrected chi connectivity index (χ0v) is 18.3. The molecule has 0 bridgehead atoms. The first-order valence-electron chi connectivity index (χ1n) is 10.8. The third-order valence-electron chi connectivity index (χ3n) is 5.73. The summed E-state index contributed by atoms with van der Waals surface area (Å²) in [4.78, 5) is 45.5. The number of aromatic nitrogens is 3. The Morgan fingerprint density at radius 1 is 1.03 bits per heavy atom. The minimum absolute atomic E-state index is 0.0594. The summed E-state index contributed by atoms with van der Waals surface area (Å²) in [6.07, 6.45) is 0.720. The molecule has 1 unspecified atom stereocenters. The van der Waals surface area contributed by atoms with Crippen molar-refractivity contribution in [2.75, 3.05) is 19.6 Å². The lowest BCUT2D eigenvalue weighted by atomic mass is 10.1. The second-order valence-electron chi connectivity index (χ2n) is 8.01. The van der Waals surface area contributed by atoms with Crippen molar-refractivity contribution in [1.29, 1.82) is 0 Å². The normalized spacial score (nSPS) is 16.3. The summed E-state index contributed by atoms with van der Waals surface area (Å²) < 4.78 is 0. The second-order valence-corrected chi connectivity index (χ2v) is 8.01. The van der Waals surface area contributed by atoms with Crippen LogP contribution in [0.5, 0.6) is 0 Å². The lowest BCUT2D eigenvalue weighted by Gasteiger charge is -2.27. The highest BCUT2D eigenvalue weighted by Gasteiger charge is 2.33. The number of nitrogens with one attached hydrogen (secondary N) is 1. The summed E-state index contributed by atoms with van der Waals surface area (Å²) in [6, 6.07) is 15.1. The van der Waals surface area contributed by atoms with Gasteiger partial charge in [-0.25, -0.2) is 9.78 Å². The average Bonchev–Trinajstić information content (AvgIpc) is 3.12. The van der Waals surface area contributed by atoms with Crippen molar-refractivity contribution in [3.63, 3.8) is 0 Å². The van der Waals surface area contributed by atoms with Crippen LogP contribution in [0.2, 0.25) is 0 Å². The van der Waals surface area contributed by atoms with Gasteiger partial charge in [-0.1, -0.05) is 36.4 Å². The summed E-state index contributed by atoms with van der Waals surface area (Å²) >= 11 is 0. The summed E-state index contributed by atoms with van der Waals surface area (Å²) in [5.41, 5.74) is 1.28. The van der Waals surface area contributed by atoms with Crippen molar-refractivity contribution in [2.24, 2.45) is 0 Å². The predicted molar refractivity (Wildman–Crippen MR) is 120 cm³/mol. The molecule has 9 heteroatoms. The highest BCUT2D eigenvalue weighted by Crippen LogP contribution is 2.26. The second kappa shape index (κ2) is 9.64. The molecule has 2 N–H and O–H groups in total. The molecule has 0 saturated carbocycles. The molecule has 9 nitrogen and oxygen atoms in total. The van der Waals surface area contributed by atoms with Crippen LogP contribution in [0.1, 0.15) is 50.4 Å². The van der Waals surface area contributed by atoms with Crippen molar-refractivity contribution in [1.82, 2.24) is 25.0 Å². The first kappa shape index (κ1) is 22.2. The van der Waals surface area contributed by atoms with Gasteiger partial charge in [0.25, 0.3) is 5.91 Å². The van der Waals surface area contributed by atoms with Crippen LogP contribution in [-0.4, -0.2) is 67.5 Å². The number of aromatic carboxylic acids is 1. The van der Waals surface area contributed by atoms with E-state index < -0.39 is 5.97 Å². The Labute approximate surface area is 191 Å². The van der Waals surface area contributed by atoms with Crippen LogP contribution in [0.4, 0.5) is 0 Å². The molecule has 1 fully saturated rings. The smallest absolute Gasteiger partial charge is 0.335 e. The Balaban J connectivity index is 1.56. The molecular formula is C24H25N5O4. The molecule has 33 heavy (non-hydrogen) atoms. The van der Waals surface area contributed by atoms with Gasteiger partial charge in [-0.3, -0.25) is 14.7 Å². The maximum absolute atomic E-state index is 13.3. The number of carboxylic acid groups (broad SMARTS) is 1. The first-order chi connectivity index (χ1) is 15.9. The molecule has 2 heterocycles. The molecule has 1 atom stereocenters. The van der Waals surface area contributed by atoms with Crippen LogP contribution in [0.15, 0.2) is 54.6 Å². The third-order valence-corrected chi connectivity index (χ3v) is 5.73. The number of benzene rings is 2. The number of carboxylic acids is 1. The van der Waals surface area contributed by atoms with Crippen molar-refractivity contribution < 1.29 is 19.5 Å². The fourth-order valence-corrected chi connectivity index (χ4v) is 4.05. The Kier molecular flexibility index (Phi) is 6.48. The minimum atomic E-state index is -1.08. The van der Waals surface area contributed by atoms with E-state index in [4.69, 9.17) is 0 Å². The lowest BCUT2D eigenvalue weighted by Crippen LogP contribution is -2.39. The van der Waals surface area contributed by atoms with Gasteiger partial charge in [-0.2, -0.15) is 5.10 Å². The first-order valence-corrected chi connectivity index (χ1v) is 10.8.